The Bertz CT molecular complexity index is 757. The summed E-state index contributed by atoms with van der Waals surface area (Å²) in [4.78, 5) is 16.5. The minimum Gasteiger partial charge on any atom is -0.456 e. The molecule has 0 amide bonds. The Kier molecular flexibility index (Phi) is 5.90. The van der Waals surface area contributed by atoms with E-state index in [0.717, 1.165) is 22.9 Å². The van der Waals surface area contributed by atoms with Crippen LogP contribution >= 0.6 is 0 Å². The first-order valence-electron chi connectivity index (χ1n) is 7.77. The summed E-state index contributed by atoms with van der Waals surface area (Å²) < 4.78 is 7.39. The molecule has 0 spiro atoms. The Morgan fingerprint density at radius 2 is 1.88 bits per heavy atom. The van der Waals surface area contributed by atoms with Crippen LogP contribution in [0.15, 0.2) is 67.8 Å². The van der Waals surface area contributed by atoms with E-state index in [1.54, 1.807) is 13.0 Å². The third-order valence-electron chi connectivity index (χ3n) is 3.49. The maximum atomic E-state index is 11.8. The second-order valence-electron chi connectivity index (χ2n) is 5.43. The molecule has 4 nitrogen and oxygen atoms in total. The van der Waals surface area contributed by atoms with E-state index in [1.165, 1.54) is 0 Å². The molecule has 4 heteroatoms. The molecular formula is C20H22N2O2. The highest BCUT2D eigenvalue weighted by Crippen LogP contribution is 2.21. The normalized spacial score (nSPS) is 10.2. The van der Waals surface area contributed by atoms with Gasteiger partial charge in [-0.1, -0.05) is 36.9 Å². The molecule has 0 saturated heterocycles. The summed E-state index contributed by atoms with van der Waals surface area (Å²) in [7, 11) is 0. The van der Waals surface area contributed by atoms with Gasteiger partial charge in [-0.3, -0.25) is 4.57 Å². The van der Waals surface area contributed by atoms with Crippen LogP contribution in [-0.4, -0.2) is 15.5 Å². The van der Waals surface area contributed by atoms with Crippen LogP contribution in [0.3, 0.4) is 0 Å². The maximum absolute atomic E-state index is 11.8. The van der Waals surface area contributed by atoms with Gasteiger partial charge in [-0.2, -0.15) is 0 Å². The van der Waals surface area contributed by atoms with Crippen LogP contribution in [0.5, 0.6) is 0 Å². The van der Waals surface area contributed by atoms with Crippen LogP contribution in [-0.2, 0) is 29.0 Å². The van der Waals surface area contributed by atoms with Gasteiger partial charge in [-0.05, 0) is 19.1 Å². The number of nitrogens with zero attached hydrogens (tertiary/aromatic N) is 2. The van der Waals surface area contributed by atoms with Gasteiger partial charge in [-0.15, -0.1) is 13.2 Å². The van der Waals surface area contributed by atoms with Crippen molar-refractivity contribution in [1.82, 2.24) is 9.55 Å². The van der Waals surface area contributed by atoms with Crippen LogP contribution in [0.1, 0.15) is 24.1 Å². The molecule has 0 saturated carbocycles. The number of para-hydroxylation sites is 1. The third-order valence-corrected chi connectivity index (χ3v) is 3.49. The zero-order chi connectivity index (χ0) is 17.5. The van der Waals surface area contributed by atoms with Crippen molar-refractivity contribution in [3.63, 3.8) is 0 Å². The fourth-order valence-corrected chi connectivity index (χ4v) is 2.41. The molecule has 1 aromatic carbocycles. The van der Waals surface area contributed by atoms with Crippen LogP contribution < -0.4 is 0 Å². The zero-order valence-electron chi connectivity index (χ0n) is 14.0. The number of rotatable bonds is 8. The van der Waals surface area contributed by atoms with Gasteiger partial charge in [0.1, 0.15) is 12.4 Å². The Balaban J connectivity index is 2.51. The molecule has 0 aliphatic rings. The predicted octanol–water partition coefficient (Wildman–Crippen LogP) is 3.95. The van der Waals surface area contributed by atoms with E-state index in [1.807, 2.05) is 41.0 Å². The summed E-state index contributed by atoms with van der Waals surface area (Å²) >= 11 is 0. The van der Waals surface area contributed by atoms with Crippen molar-refractivity contribution in [3.8, 4) is 5.69 Å². The molecule has 0 atom stereocenters. The van der Waals surface area contributed by atoms with Gasteiger partial charge >= 0.3 is 5.97 Å². The second-order valence-corrected chi connectivity index (χ2v) is 5.43. The molecule has 0 unspecified atom stereocenters. The lowest BCUT2D eigenvalue weighted by Gasteiger charge is -2.13. The molecule has 0 fully saturated rings. The highest BCUT2D eigenvalue weighted by molar-refractivity contribution is 5.86. The van der Waals surface area contributed by atoms with E-state index in [2.05, 4.69) is 19.7 Å². The highest BCUT2D eigenvalue weighted by atomic mass is 16.5. The molecule has 0 aliphatic carbocycles. The lowest BCUT2D eigenvalue weighted by molar-refractivity contribution is -0.140. The maximum Gasteiger partial charge on any atom is 0.333 e. The molecule has 2 aromatic rings. The molecule has 0 radical (unpaired) electrons. The van der Waals surface area contributed by atoms with Gasteiger partial charge in [0.25, 0.3) is 0 Å². The average Bonchev–Trinajstić information content (AvgIpc) is 2.91. The number of benzene rings is 1. The van der Waals surface area contributed by atoms with Gasteiger partial charge in [0.05, 0.1) is 11.4 Å². The van der Waals surface area contributed by atoms with Gasteiger partial charge in [-0.25, -0.2) is 9.78 Å². The number of esters is 1. The SMILES string of the molecule is C=CCc1nc(CC=C)n(-c2ccccc2)c1COC(=O)C(=C)C. The summed E-state index contributed by atoms with van der Waals surface area (Å²) in [6.45, 7) is 13.0. The van der Waals surface area contributed by atoms with Crippen molar-refractivity contribution in [2.45, 2.75) is 26.4 Å². The fraction of sp³-hybridized carbons (Fsp3) is 0.200. The number of carbonyl (C=O) groups is 1. The molecule has 24 heavy (non-hydrogen) atoms. The second kappa shape index (κ2) is 8.11. The smallest absolute Gasteiger partial charge is 0.333 e. The predicted molar refractivity (Wildman–Crippen MR) is 96.0 cm³/mol. The van der Waals surface area contributed by atoms with Crippen LogP contribution in [0.25, 0.3) is 5.69 Å². The Morgan fingerprint density at radius 3 is 2.46 bits per heavy atom. The highest BCUT2D eigenvalue weighted by Gasteiger charge is 2.18. The van der Waals surface area contributed by atoms with E-state index < -0.39 is 5.97 Å². The Hall–Kier alpha value is -2.88. The first-order chi connectivity index (χ1) is 11.6. The topological polar surface area (TPSA) is 44.1 Å². The number of imidazole rings is 1. The molecule has 1 aromatic heterocycles. The monoisotopic (exact) mass is 322 g/mol. The van der Waals surface area contributed by atoms with E-state index in [0.29, 0.717) is 18.4 Å². The number of hydrogen-bond donors (Lipinski definition) is 0. The number of allylic oxidation sites excluding steroid dienone is 2. The summed E-state index contributed by atoms with van der Waals surface area (Å²) in [6.07, 6.45) is 4.82. The van der Waals surface area contributed by atoms with Gasteiger partial charge in [0.15, 0.2) is 0 Å². The summed E-state index contributed by atoms with van der Waals surface area (Å²) in [5, 5.41) is 0. The van der Waals surface area contributed by atoms with E-state index in [4.69, 9.17) is 9.72 Å². The van der Waals surface area contributed by atoms with Gasteiger partial charge in [0.2, 0.25) is 0 Å². The van der Waals surface area contributed by atoms with Crippen molar-refractivity contribution < 1.29 is 9.53 Å². The number of hydrogen-bond acceptors (Lipinski definition) is 3. The molecule has 0 N–H and O–H groups in total. The molecule has 124 valence electrons. The van der Waals surface area contributed by atoms with Crippen LogP contribution in [0.4, 0.5) is 0 Å². The quantitative estimate of drug-likeness (QED) is 0.420. The van der Waals surface area contributed by atoms with Gasteiger partial charge < -0.3 is 4.74 Å². The summed E-state index contributed by atoms with van der Waals surface area (Å²) in [6, 6.07) is 9.87. The van der Waals surface area contributed by atoms with Crippen LogP contribution in [0.2, 0.25) is 0 Å². The van der Waals surface area contributed by atoms with E-state index in [-0.39, 0.29) is 6.61 Å². The Morgan fingerprint density at radius 1 is 1.21 bits per heavy atom. The minimum atomic E-state index is -0.411. The minimum absolute atomic E-state index is 0.133. The number of aromatic nitrogens is 2. The van der Waals surface area contributed by atoms with E-state index in [9.17, 15) is 4.79 Å². The fourth-order valence-electron chi connectivity index (χ4n) is 2.41. The van der Waals surface area contributed by atoms with Crippen molar-refractivity contribution >= 4 is 5.97 Å². The molecule has 0 bridgehead atoms. The average molecular weight is 322 g/mol. The molecular weight excluding hydrogens is 300 g/mol. The van der Waals surface area contributed by atoms with E-state index >= 15 is 0 Å². The van der Waals surface area contributed by atoms with Crippen molar-refractivity contribution in [3.05, 3.63) is 85.0 Å². The molecule has 2 rings (SSSR count). The van der Waals surface area contributed by atoms with Crippen molar-refractivity contribution in [2.75, 3.05) is 0 Å². The number of carbonyl (C=O) groups excluding carboxylic acids is 1. The largest absolute Gasteiger partial charge is 0.456 e. The Labute approximate surface area is 142 Å². The number of ether oxygens (including phenoxy) is 1. The zero-order valence-corrected chi connectivity index (χ0v) is 14.0. The first-order valence-corrected chi connectivity index (χ1v) is 7.77. The van der Waals surface area contributed by atoms with Crippen molar-refractivity contribution in [1.29, 1.82) is 0 Å². The van der Waals surface area contributed by atoms with Crippen LogP contribution in [0, 0.1) is 0 Å². The third kappa shape index (κ3) is 3.90. The summed E-state index contributed by atoms with van der Waals surface area (Å²) in [5.74, 6) is 0.444. The molecule has 0 aliphatic heterocycles. The van der Waals surface area contributed by atoms with Gasteiger partial charge in [0, 0.05) is 24.1 Å². The molecule has 1 heterocycles. The van der Waals surface area contributed by atoms with Crippen molar-refractivity contribution in [2.24, 2.45) is 0 Å². The lowest BCUT2D eigenvalue weighted by atomic mass is 10.2. The summed E-state index contributed by atoms with van der Waals surface area (Å²) in [5.41, 5.74) is 3.03. The lowest BCUT2D eigenvalue weighted by Crippen LogP contribution is -2.11. The standard InChI is InChI=1S/C20H22N2O2/c1-5-10-17-18(14-24-20(23)15(3)4)22(19(21-17)11-6-2)16-12-8-7-9-13-16/h5-9,12-13H,1-3,10-11,14H2,4H3. The first kappa shape index (κ1) is 17.5.